The number of aromatic nitrogens is 2. The van der Waals surface area contributed by atoms with Crippen molar-refractivity contribution < 1.29 is 14.9 Å². The van der Waals surface area contributed by atoms with Crippen LogP contribution in [0.3, 0.4) is 0 Å². The molecule has 0 amide bonds. The van der Waals surface area contributed by atoms with Crippen molar-refractivity contribution in [2.75, 3.05) is 20.3 Å². The van der Waals surface area contributed by atoms with Crippen LogP contribution in [-0.2, 0) is 11.3 Å². The second-order valence-electron chi connectivity index (χ2n) is 3.02. The van der Waals surface area contributed by atoms with E-state index in [0.29, 0.717) is 25.3 Å². The summed E-state index contributed by atoms with van der Waals surface area (Å²) in [4.78, 5) is 0. The Kier molecular flexibility index (Phi) is 4.58. The maximum Gasteiger partial charge on any atom is 0.1000 e. The van der Waals surface area contributed by atoms with Crippen LogP contribution in [0, 0.1) is 0 Å². The number of hydrogen-bond donors (Lipinski definition) is 2. The molecule has 1 rings (SSSR count). The molecular weight excluding hydrogens is 184 g/mol. The zero-order chi connectivity index (χ0) is 10.4. The summed E-state index contributed by atoms with van der Waals surface area (Å²) < 4.78 is 6.61. The van der Waals surface area contributed by atoms with Crippen molar-refractivity contribution in [1.82, 2.24) is 9.78 Å². The molecule has 0 aliphatic rings. The number of aliphatic hydroxyl groups excluding tert-OH is 2. The van der Waals surface area contributed by atoms with Crippen LogP contribution >= 0.6 is 0 Å². The van der Waals surface area contributed by atoms with Gasteiger partial charge in [-0.05, 0) is 6.07 Å². The average molecular weight is 200 g/mol. The first-order valence-corrected chi connectivity index (χ1v) is 4.59. The highest BCUT2D eigenvalue weighted by atomic mass is 16.5. The van der Waals surface area contributed by atoms with Crippen molar-refractivity contribution in [2.45, 2.75) is 19.1 Å². The van der Waals surface area contributed by atoms with Gasteiger partial charge in [0.2, 0.25) is 0 Å². The first-order chi connectivity index (χ1) is 6.77. The SMILES string of the molecule is COCCn1ccc([C@@H](O)CCO)n1. The summed E-state index contributed by atoms with van der Waals surface area (Å²) >= 11 is 0. The van der Waals surface area contributed by atoms with Gasteiger partial charge in [0, 0.05) is 26.3 Å². The lowest BCUT2D eigenvalue weighted by Crippen LogP contribution is -2.07. The molecule has 1 heterocycles. The van der Waals surface area contributed by atoms with E-state index in [9.17, 15) is 5.11 Å². The van der Waals surface area contributed by atoms with Gasteiger partial charge >= 0.3 is 0 Å². The van der Waals surface area contributed by atoms with Gasteiger partial charge in [0.1, 0.15) is 0 Å². The summed E-state index contributed by atoms with van der Waals surface area (Å²) in [6.07, 6.45) is 1.43. The predicted molar refractivity (Wildman–Crippen MR) is 50.8 cm³/mol. The van der Waals surface area contributed by atoms with Gasteiger partial charge in [-0.25, -0.2) is 0 Å². The molecule has 0 aliphatic heterocycles. The smallest absolute Gasteiger partial charge is 0.1000 e. The zero-order valence-electron chi connectivity index (χ0n) is 8.26. The van der Waals surface area contributed by atoms with Gasteiger partial charge in [0.25, 0.3) is 0 Å². The van der Waals surface area contributed by atoms with Gasteiger partial charge in [-0.2, -0.15) is 5.10 Å². The second-order valence-corrected chi connectivity index (χ2v) is 3.02. The average Bonchev–Trinajstić information content (AvgIpc) is 2.63. The molecule has 2 N–H and O–H groups in total. The Bertz CT molecular complexity index is 262. The molecular formula is C9H16N2O3. The van der Waals surface area contributed by atoms with E-state index < -0.39 is 6.10 Å². The predicted octanol–water partition coefficient (Wildman–Crippen LogP) is -0.0547. The fraction of sp³-hybridized carbons (Fsp3) is 0.667. The molecule has 1 aromatic heterocycles. The molecule has 14 heavy (non-hydrogen) atoms. The van der Waals surface area contributed by atoms with Crippen LogP contribution in [-0.4, -0.2) is 40.3 Å². The van der Waals surface area contributed by atoms with Crippen LogP contribution < -0.4 is 0 Å². The standard InChI is InChI=1S/C9H16N2O3/c1-14-7-5-11-4-2-8(10-11)9(13)3-6-12/h2,4,9,12-13H,3,5-7H2,1H3/t9-/m0/s1. The van der Waals surface area contributed by atoms with Crippen molar-refractivity contribution in [3.05, 3.63) is 18.0 Å². The van der Waals surface area contributed by atoms with Gasteiger partial charge in [0.05, 0.1) is 24.9 Å². The molecule has 1 atom stereocenters. The van der Waals surface area contributed by atoms with Crippen LogP contribution in [0.2, 0.25) is 0 Å². The van der Waals surface area contributed by atoms with Crippen LogP contribution in [0.25, 0.3) is 0 Å². The molecule has 0 saturated carbocycles. The first kappa shape index (κ1) is 11.2. The van der Waals surface area contributed by atoms with Gasteiger partial charge < -0.3 is 14.9 Å². The van der Waals surface area contributed by atoms with E-state index >= 15 is 0 Å². The fourth-order valence-corrected chi connectivity index (χ4v) is 1.13. The summed E-state index contributed by atoms with van der Waals surface area (Å²) in [6, 6.07) is 1.75. The van der Waals surface area contributed by atoms with E-state index in [0.717, 1.165) is 0 Å². The second kappa shape index (κ2) is 5.74. The lowest BCUT2D eigenvalue weighted by Gasteiger charge is -2.04. The van der Waals surface area contributed by atoms with Crippen LogP contribution in [0.5, 0.6) is 0 Å². The number of ether oxygens (including phenoxy) is 1. The first-order valence-electron chi connectivity index (χ1n) is 4.59. The highest BCUT2D eigenvalue weighted by Gasteiger charge is 2.09. The fourth-order valence-electron chi connectivity index (χ4n) is 1.13. The lowest BCUT2D eigenvalue weighted by atomic mass is 10.2. The highest BCUT2D eigenvalue weighted by molar-refractivity contribution is 5.02. The minimum absolute atomic E-state index is 0.0356. The van der Waals surface area contributed by atoms with E-state index in [-0.39, 0.29) is 6.61 Å². The van der Waals surface area contributed by atoms with Crippen molar-refractivity contribution >= 4 is 0 Å². The largest absolute Gasteiger partial charge is 0.396 e. The highest BCUT2D eigenvalue weighted by Crippen LogP contribution is 2.12. The Hall–Kier alpha value is -0.910. The molecule has 5 nitrogen and oxygen atoms in total. The Morgan fingerprint density at radius 3 is 3.07 bits per heavy atom. The maximum absolute atomic E-state index is 9.49. The molecule has 1 aromatic rings. The monoisotopic (exact) mass is 200 g/mol. The Labute approximate surface area is 82.9 Å². The van der Waals surface area contributed by atoms with Crippen LogP contribution in [0.1, 0.15) is 18.2 Å². The van der Waals surface area contributed by atoms with Crippen LogP contribution in [0.4, 0.5) is 0 Å². The van der Waals surface area contributed by atoms with Gasteiger partial charge in [-0.15, -0.1) is 0 Å². The Balaban J connectivity index is 2.49. The van der Waals surface area contributed by atoms with E-state index in [1.54, 1.807) is 24.1 Å². The molecule has 0 aromatic carbocycles. The lowest BCUT2D eigenvalue weighted by molar-refractivity contribution is 0.129. The van der Waals surface area contributed by atoms with Crippen LogP contribution in [0.15, 0.2) is 12.3 Å². The van der Waals surface area contributed by atoms with Crippen molar-refractivity contribution in [2.24, 2.45) is 0 Å². The third-order valence-corrected chi connectivity index (χ3v) is 1.93. The molecule has 80 valence electrons. The van der Waals surface area contributed by atoms with Crippen molar-refractivity contribution in [3.8, 4) is 0 Å². The number of aliphatic hydroxyl groups is 2. The normalized spacial score (nSPS) is 13.1. The van der Waals surface area contributed by atoms with Crippen molar-refractivity contribution in [1.29, 1.82) is 0 Å². The molecule has 5 heteroatoms. The third-order valence-electron chi connectivity index (χ3n) is 1.93. The topological polar surface area (TPSA) is 67.5 Å². The van der Waals surface area contributed by atoms with Gasteiger partial charge in [-0.3, -0.25) is 4.68 Å². The Morgan fingerprint density at radius 2 is 2.43 bits per heavy atom. The molecule has 0 spiro atoms. The summed E-state index contributed by atoms with van der Waals surface area (Å²) in [6.45, 7) is 1.23. The third kappa shape index (κ3) is 3.10. The minimum atomic E-state index is -0.677. The number of rotatable bonds is 6. The number of nitrogens with zero attached hydrogens (tertiary/aromatic N) is 2. The summed E-state index contributed by atoms with van der Waals surface area (Å²) in [7, 11) is 1.63. The van der Waals surface area contributed by atoms with Gasteiger partial charge in [-0.1, -0.05) is 0 Å². The van der Waals surface area contributed by atoms with E-state index in [1.807, 2.05) is 0 Å². The van der Waals surface area contributed by atoms with E-state index in [1.165, 1.54) is 0 Å². The minimum Gasteiger partial charge on any atom is -0.396 e. The Morgan fingerprint density at radius 1 is 1.64 bits per heavy atom. The molecule has 0 aliphatic carbocycles. The van der Waals surface area contributed by atoms with E-state index in [4.69, 9.17) is 9.84 Å². The molecule has 0 fully saturated rings. The van der Waals surface area contributed by atoms with Crippen molar-refractivity contribution in [3.63, 3.8) is 0 Å². The maximum atomic E-state index is 9.49. The quantitative estimate of drug-likeness (QED) is 0.675. The summed E-state index contributed by atoms with van der Waals surface area (Å²) in [5.41, 5.74) is 0.593. The summed E-state index contributed by atoms with van der Waals surface area (Å²) in [5.74, 6) is 0. The molecule has 0 saturated heterocycles. The van der Waals surface area contributed by atoms with Gasteiger partial charge in [0.15, 0.2) is 0 Å². The number of hydrogen-bond acceptors (Lipinski definition) is 4. The van der Waals surface area contributed by atoms with E-state index in [2.05, 4.69) is 5.10 Å². The molecule has 0 bridgehead atoms. The molecule has 0 unspecified atom stereocenters. The zero-order valence-corrected chi connectivity index (χ0v) is 8.26. The number of methoxy groups -OCH3 is 1. The molecule has 0 radical (unpaired) electrons. The summed E-state index contributed by atoms with van der Waals surface area (Å²) in [5, 5.41) is 22.3.